The highest BCUT2D eigenvalue weighted by Crippen LogP contribution is 2.42. The lowest BCUT2D eigenvalue weighted by Crippen LogP contribution is -2.37. The zero-order chi connectivity index (χ0) is 19.8. The smallest absolute Gasteiger partial charge is 0.231 e. The molecule has 6 heteroatoms. The molecule has 0 fully saturated rings. The van der Waals surface area contributed by atoms with Gasteiger partial charge >= 0.3 is 0 Å². The van der Waals surface area contributed by atoms with Gasteiger partial charge in [0.25, 0.3) is 0 Å². The first kappa shape index (κ1) is 17.3. The molecule has 0 unspecified atom stereocenters. The highest BCUT2D eigenvalue weighted by molar-refractivity contribution is 6.44. The number of fused-ring (bicyclic) bond motifs is 1. The van der Waals surface area contributed by atoms with Crippen molar-refractivity contribution in [2.75, 3.05) is 16.7 Å². The van der Waals surface area contributed by atoms with Crippen molar-refractivity contribution in [2.24, 2.45) is 5.10 Å². The Morgan fingerprint density at radius 3 is 2.24 bits per heavy atom. The number of Topliss-reactive ketones (excluding diaryl/α,β-unsaturated/α-hetero) is 1. The maximum Gasteiger partial charge on any atom is 0.231 e. The number of hydrogen-bond acceptors (Lipinski definition) is 6. The molecule has 0 saturated heterocycles. The highest BCUT2D eigenvalue weighted by Gasteiger charge is 2.39. The van der Waals surface area contributed by atoms with Gasteiger partial charge in [-0.15, -0.1) is 5.10 Å². The Balaban J connectivity index is 1.68. The largest absolute Gasteiger partial charge is 0.454 e. The monoisotopic (exact) mass is 385 g/mol. The molecule has 2 aliphatic rings. The fraction of sp³-hybridized carbons (Fsp3) is 0.130. The zero-order valence-electron chi connectivity index (χ0n) is 15.9. The number of hydrogen-bond donors (Lipinski definition) is 0. The Hall–Kier alpha value is -3.80. The van der Waals surface area contributed by atoms with Crippen LogP contribution >= 0.6 is 0 Å². The fourth-order valence-corrected chi connectivity index (χ4v) is 3.67. The second-order valence-corrected chi connectivity index (χ2v) is 6.85. The summed E-state index contributed by atoms with van der Waals surface area (Å²) in [6.45, 7) is 1.75. The average Bonchev–Trinajstić information content (AvgIpc) is 3.39. The number of anilines is 2. The van der Waals surface area contributed by atoms with E-state index in [1.54, 1.807) is 6.92 Å². The van der Waals surface area contributed by atoms with Gasteiger partial charge in [-0.2, -0.15) is 0 Å². The normalized spacial score (nSPS) is 17.4. The number of para-hydroxylation sites is 2. The van der Waals surface area contributed by atoms with Crippen LogP contribution in [-0.2, 0) is 4.79 Å². The van der Waals surface area contributed by atoms with E-state index < -0.39 is 0 Å². The lowest BCUT2D eigenvalue weighted by atomic mass is 10.1. The molecule has 29 heavy (non-hydrogen) atoms. The summed E-state index contributed by atoms with van der Waals surface area (Å²) in [5, 5.41) is 6.60. The molecule has 2 heterocycles. The predicted molar refractivity (Wildman–Crippen MR) is 111 cm³/mol. The summed E-state index contributed by atoms with van der Waals surface area (Å²) in [6, 6.07) is 25.5. The minimum absolute atomic E-state index is 0.0990. The Kier molecular flexibility index (Phi) is 4.17. The molecule has 6 nitrogen and oxygen atoms in total. The molecule has 0 saturated carbocycles. The summed E-state index contributed by atoms with van der Waals surface area (Å²) < 4.78 is 11.1. The summed E-state index contributed by atoms with van der Waals surface area (Å²) in [5.74, 6) is 1.71. The van der Waals surface area contributed by atoms with Crippen molar-refractivity contribution in [1.82, 2.24) is 0 Å². The maximum absolute atomic E-state index is 12.5. The summed E-state index contributed by atoms with van der Waals surface area (Å²) >= 11 is 0. The molecule has 3 aromatic rings. The average molecular weight is 385 g/mol. The zero-order valence-corrected chi connectivity index (χ0v) is 15.9. The molecule has 3 aromatic carbocycles. The van der Waals surface area contributed by atoms with Gasteiger partial charge in [0.15, 0.2) is 29.3 Å². The molecule has 144 valence electrons. The van der Waals surface area contributed by atoms with Gasteiger partial charge < -0.3 is 9.47 Å². The molecule has 0 bridgehead atoms. The van der Waals surface area contributed by atoms with Crippen molar-refractivity contribution in [3.63, 3.8) is 0 Å². The van der Waals surface area contributed by atoms with Gasteiger partial charge in [-0.25, -0.2) is 5.01 Å². The van der Waals surface area contributed by atoms with E-state index in [4.69, 9.17) is 14.6 Å². The Labute approximate surface area is 168 Å². The fourth-order valence-electron chi connectivity index (χ4n) is 3.67. The first-order valence-electron chi connectivity index (χ1n) is 9.40. The number of benzene rings is 3. The van der Waals surface area contributed by atoms with E-state index >= 15 is 0 Å². The molecule has 0 N–H and O–H groups in total. The minimum atomic E-state index is -0.340. The SMILES string of the molecule is CC(=O)C1=NN(c2ccccc2)[C@H](c2ccc3c(c2)OCO3)N1c1ccccc1. The van der Waals surface area contributed by atoms with Gasteiger partial charge in [0.05, 0.1) is 5.69 Å². The van der Waals surface area contributed by atoms with E-state index in [1.807, 2.05) is 88.8 Å². The van der Waals surface area contributed by atoms with Crippen molar-refractivity contribution in [1.29, 1.82) is 0 Å². The van der Waals surface area contributed by atoms with E-state index in [-0.39, 0.29) is 18.7 Å². The number of nitrogens with zero attached hydrogens (tertiary/aromatic N) is 3. The maximum atomic E-state index is 12.5. The number of amidine groups is 1. The van der Waals surface area contributed by atoms with Crippen molar-refractivity contribution in [2.45, 2.75) is 13.1 Å². The Bertz CT molecular complexity index is 1080. The van der Waals surface area contributed by atoms with Crippen LogP contribution in [0, 0.1) is 0 Å². The van der Waals surface area contributed by atoms with Gasteiger partial charge in [0, 0.05) is 18.2 Å². The number of carbonyl (C=O) groups is 1. The second kappa shape index (κ2) is 6.98. The first-order valence-corrected chi connectivity index (χ1v) is 9.40. The van der Waals surface area contributed by atoms with E-state index in [0.717, 1.165) is 22.7 Å². The first-order chi connectivity index (χ1) is 14.2. The second-order valence-electron chi connectivity index (χ2n) is 6.85. The summed E-state index contributed by atoms with van der Waals surface area (Å²) in [4.78, 5) is 14.5. The molecule has 0 spiro atoms. The number of ketones is 1. The van der Waals surface area contributed by atoms with E-state index in [1.165, 1.54) is 0 Å². The van der Waals surface area contributed by atoms with Crippen molar-refractivity contribution < 1.29 is 14.3 Å². The van der Waals surface area contributed by atoms with E-state index in [9.17, 15) is 4.79 Å². The molecule has 5 rings (SSSR count). The van der Waals surface area contributed by atoms with Crippen LogP contribution in [0.4, 0.5) is 11.4 Å². The third-order valence-electron chi connectivity index (χ3n) is 4.97. The van der Waals surface area contributed by atoms with Crippen LogP contribution in [-0.4, -0.2) is 18.4 Å². The van der Waals surface area contributed by atoms with Gasteiger partial charge in [-0.05, 0) is 36.4 Å². The van der Waals surface area contributed by atoms with Crippen molar-refractivity contribution in [3.05, 3.63) is 84.4 Å². The molecule has 1 atom stereocenters. The van der Waals surface area contributed by atoms with E-state index in [2.05, 4.69) is 0 Å². The van der Waals surface area contributed by atoms with Crippen LogP contribution in [0.1, 0.15) is 18.7 Å². The van der Waals surface area contributed by atoms with Crippen LogP contribution in [0.2, 0.25) is 0 Å². The van der Waals surface area contributed by atoms with Gasteiger partial charge in [0.2, 0.25) is 6.79 Å². The predicted octanol–water partition coefficient (Wildman–Crippen LogP) is 4.34. The third kappa shape index (κ3) is 2.99. The van der Waals surface area contributed by atoms with E-state index in [0.29, 0.717) is 11.6 Å². The number of rotatable bonds is 4. The van der Waals surface area contributed by atoms with Crippen LogP contribution < -0.4 is 19.4 Å². The van der Waals surface area contributed by atoms with Crippen LogP contribution in [0.25, 0.3) is 0 Å². The van der Waals surface area contributed by atoms with Crippen LogP contribution in [0.15, 0.2) is 84.0 Å². The quantitative estimate of drug-likeness (QED) is 0.669. The topological polar surface area (TPSA) is 54.4 Å². The molecule has 0 aliphatic carbocycles. The summed E-state index contributed by atoms with van der Waals surface area (Å²) in [5.41, 5.74) is 2.73. The molecule has 0 radical (unpaired) electrons. The molecule has 2 aliphatic heterocycles. The van der Waals surface area contributed by atoms with Gasteiger partial charge in [0.1, 0.15) is 0 Å². The Morgan fingerprint density at radius 1 is 0.897 bits per heavy atom. The molecule has 0 amide bonds. The van der Waals surface area contributed by atoms with Crippen molar-refractivity contribution >= 4 is 23.0 Å². The summed E-state index contributed by atoms with van der Waals surface area (Å²) in [7, 11) is 0. The lowest BCUT2D eigenvalue weighted by molar-refractivity contribution is -0.111. The third-order valence-corrected chi connectivity index (χ3v) is 4.97. The molecular weight excluding hydrogens is 366 g/mol. The number of ether oxygens (including phenoxy) is 2. The van der Waals surface area contributed by atoms with Crippen molar-refractivity contribution in [3.8, 4) is 11.5 Å². The summed E-state index contributed by atoms with van der Waals surface area (Å²) in [6.07, 6.45) is -0.340. The van der Waals surface area contributed by atoms with Gasteiger partial charge in [-0.3, -0.25) is 9.69 Å². The van der Waals surface area contributed by atoms with Gasteiger partial charge in [-0.1, -0.05) is 42.5 Å². The lowest BCUT2D eigenvalue weighted by Gasteiger charge is -2.32. The van der Waals surface area contributed by atoms with Crippen LogP contribution in [0.5, 0.6) is 11.5 Å². The standard InChI is InChI=1S/C23H19N3O3/c1-16(27)22-24-26(19-10-6-3-7-11-19)23(25(22)18-8-4-2-5-9-18)17-12-13-20-21(14-17)29-15-28-20/h2-14,23H,15H2,1H3/t23-/m1/s1. The Morgan fingerprint density at radius 2 is 1.55 bits per heavy atom. The highest BCUT2D eigenvalue weighted by atomic mass is 16.7. The number of carbonyl (C=O) groups excluding carboxylic acids is 1. The minimum Gasteiger partial charge on any atom is -0.454 e. The molecular formula is C23H19N3O3. The number of hydrazone groups is 1. The molecule has 0 aromatic heterocycles. The van der Waals surface area contributed by atoms with Crippen LogP contribution in [0.3, 0.4) is 0 Å².